The fourth-order valence-corrected chi connectivity index (χ4v) is 4.43. The minimum absolute atomic E-state index is 0.102. The summed E-state index contributed by atoms with van der Waals surface area (Å²) in [6.07, 6.45) is 3.43. The zero-order valence-electron chi connectivity index (χ0n) is 17.8. The molecule has 1 aliphatic rings. The molecular weight excluding hydrogens is 398 g/mol. The van der Waals surface area contributed by atoms with Gasteiger partial charge in [0.1, 0.15) is 0 Å². The maximum Gasteiger partial charge on any atom is 0.242 e. The van der Waals surface area contributed by atoms with Crippen LogP contribution in [0.15, 0.2) is 52.7 Å². The second-order valence-corrected chi connectivity index (χ2v) is 8.16. The molecule has 158 valence electrons. The predicted molar refractivity (Wildman–Crippen MR) is 123 cm³/mol. The highest BCUT2D eigenvalue weighted by molar-refractivity contribution is 8.15. The first kappa shape index (κ1) is 21.9. The topological polar surface area (TPSA) is 63.5 Å². The van der Waals surface area contributed by atoms with E-state index in [1.165, 1.54) is 11.8 Å². The van der Waals surface area contributed by atoms with E-state index in [2.05, 4.69) is 30.1 Å². The molecule has 1 aliphatic heterocycles. The van der Waals surface area contributed by atoms with Crippen LogP contribution in [0.3, 0.4) is 0 Å². The molecule has 7 heteroatoms. The van der Waals surface area contributed by atoms with E-state index in [0.29, 0.717) is 23.2 Å². The minimum Gasteiger partial charge on any atom is -0.493 e. The predicted octanol–water partition coefficient (Wildman–Crippen LogP) is 4.65. The van der Waals surface area contributed by atoms with Crippen molar-refractivity contribution in [3.63, 3.8) is 0 Å². The maximum absolute atomic E-state index is 13.0. The van der Waals surface area contributed by atoms with Gasteiger partial charge in [-0.1, -0.05) is 49.4 Å². The van der Waals surface area contributed by atoms with E-state index in [4.69, 9.17) is 9.47 Å². The molecule has 0 spiro atoms. The zero-order valence-corrected chi connectivity index (χ0v) is 18.6. The highest BCUT2D eigenvalue weighted by Crippen LogP contribution is 2.32. The summed E-state index contributed by atoms with van der Waals surface area (Å²) in [5.41, 5.74) is 3.10. The number of rotatable bonds is 8. The Bertz CT molecular complexity index is 958. The summed E-state index contributed by atoms with van der Waals surface area (Å²) in [5.74, 6) is 1.39. The van der Waals surface area contributed by atoms with Gasteiger partial charge in [-0.3, -0.25) is 9.69 Å². The smallest absolute Gasteiger partial charge is 0.242 e. The number of amidine groups is 1. The molecule has 0 aliphatic carbocycles. The summed E-state index contributed by atoms with van der Waals surface area (Å²) < 4.78 is 10.6. The number of carbonyl (C=O) groups excluding carboxylic acids is 1. The Balaban J connectivity index is 1.83. The second kappa shape index (κ2) is 10.3. The molecule has 0 radical (unpaired) electrons. The Kier molecular flexibility index (Phi) is 7.52. The van der Waals surface area contributed by atoms with E-state index < -0.39 is 0 Å². The van der Waals surface area contributed by atoms with Crippen molar-refractivity contribution in [1.82, 2.24) is 4.90 Å². The number of hydrogen-bond acceptors (Lipinski definition) is 6. The SMILES string of the molecule is CCC[C@H]1S/C(=N/N=C\c2ccc(OC)c(OC)c2)N(Cc2ccccc2C)C1=O. The molecule has 6 nitrogen and oxygen atoms in total. The van der Waals surface area contributed by atoms with Crippen LogP contribution in [0.2, 0.25) is 0 Å². The van der Waals surface area contributed by atoms with E-state index >= 15 is 0 Å². The molecule has 2 aromatic carbocycles. The third kappa shape index (κ3) is 5.02. The quantitative estimate of drug-likeness (QED) is 0.456. The monoisotopic (exact) mass is 425 g/mol. The van der Waals surface area contributed by atoms with Crippen LogP contribution in [0.5, 0.6) is 11.5 Å². The van der Waals surface area contributed by atoms with Gasteiger partial charge in [-0.25, -0.2) is 0 Å². The summed E-state index contributed by atoms with van der Waals surface area (Å²) in [7, 11) is 3.19. The van der Waals surface area contributed by atoms with Crippen LogP contribution in [-0.4, -0.2) is 41.7 Å². The number of ether oxygens (including phenoxy) is 2. The Labute approximate surface area is 182 Å². The van der Waals surface area contributed by atoms with Crippen LogP contribution < -0.4 is 9.47 Å². The standard InChI is InChI=1S/C23H27N3O3S/c1-5-8-21-22(27)26(15-18-10-7-6-9-16(18)2)23(30-21)25-24-14-17-11-12-19(28-3)20(13-17)29-4/h6-7,9-14,21H,5,8,15H2,1-4H3/b24-14-,25-23+/t21-/m1/s1. The lowest BCUT2D eigenvalue weighted by Gasteiger charge is -2.17. The molecule has 0 bridgehead atoms. The lowest BCUT2D eigenvalue weighted by atomic mass is 10.1. The summed E-state index contributed by atoms with van der Waals surface area (Å²) in [6, 6.07) is 13.6. The Morgan fingerprint density at radius 2 is 1.90 bits per heavy atom. The number of carbonyl (C=O) groups is 1. The summed E-state index contributed by atoms with van der Waals surface area (Å²) in [6.45, 7) is 4.64. The van der Waals surface area contributed by atoms with Crippen LogP contribution >= 0.6 is 11.8 Å². The first-order chi connectivity index (χ1) is 14.6. The summed E-state index contributed by atoms with van der Waals surface area (Å²) in [4.78, 5) is 14.7. The molecule has 1 atom stereocenters. The van der Waals surface area contributed by atoms with Gasteiger partial charge in [-0.05, 0) is 48.2 Å². The third-order valence-electron chi connectivity index (χ3n) is 4.92. The average Bonchev–Trinajstić information content (AvgIpc) is 3.04. The zero-order chi connectivity index (χ0) is 21.5. The second-order valence-electron chi connectivity index (χ2n) is 6.99. The van der Waals surface area contributed by atoms with Crippen molar-refractivity contribution in [3.05, 3.63) is 59.2 Å². The number of thioether (sulfide) groups is 1. The van der Waals surface area contributed by atoms with Crippen molar-refractivity contribution >= 4 is 29.1 Å². The lowest BCUT2D eigenvalue weighted by molar-refractivity contribution is -0.126. The molecule has 1 saturated heterocycles. The van der Waals surface area contributed by atoms with Gasteiger partial charge < -0.3 is 9.47 Å². The normalized spacial score (nSPS) is 17.9. The van der Waals surface area contributed by atoms with Gasteiger partial charge in [0.05, 0.1) is 32.2 Å². The first-order valence-corrected chi connectivity index (χ1v) is 10.8. The number of methoxy groups -OCH3 is 2. The first-order valence-electron chi connectivity index (χ1n) is 9.93. The van der Waals surface area contributed by atoms with Crippen molar-refractivity contribution < 1.29 is 14.3 Å². The van der Waals surface area contributed by atoms with Gasteiger partial charge >= 0.3 is 0 Å². The Morgan fingerprint density at radius 3 is 2.60 bits per heavy atom. The van der Waals surface area contributed by atoms with Gasteiger partial charge in [0.15, 0.2) is 16.7 Å². The van der Waals surface area contributed by atoms with E-state index in [0.717, 1.165) is 29.5 Å². The van der Waals surface area contributed by atoms with Crippen LogP contribution in [0, 0.1) is 6.92 Å². The van der Waals surface area contributed by atoms with Crippen LogP contribution in [0.25, 0.3) is 0 Å². The van der Waals surface area contributed by atoms with Crippen LogP contribution in [0.1, 0.15) is 36.5 Å². The molecule has 30 heavy (non-hydrogen) atoms. The van der Waals surface area contributed by atoms with Gasteiger partial charge in [-0.2, -0.15) is 5.10 Å². The largest absolute Gasteiger partial charge is 0.493 e. The number of nitrogens with zero attached hydrogens (tertiary/aromatic N) is 3. The van der Waals surface area contributed by atoms with Crippen molar-refractivity contribution in [3.8, 4) is 11.5 Å². The van der Waals surface area contributed by atoms with Gasteiger partial charge in [0.25, 0.3) is 0 Å². The molecule has 1 fully saturated rings. The fraction of sp³-hybridized carbons (Fsp3) is 0.348. The minimum atomic E-state index is -0.103. The molecule has 0 N–H and O–H groups in total. The molecule has 0 aromatic heterocycles. The molecule has 0 unspecified atom stereocenters. The average molecular weight is 426 g/mol. The number of benzene rings is 2. The van der Waals surface area contributed by atoms with Gasteiger partial charge in [0.2, 0.25) is 5.91 Å². The molecule has 1 heterocycles. The Morgan fingerprint density at radius 1 is 1.13 bits per heavy atom. The van der Waals surface area contributed by atoms with E-state index in [9.17, 15) is 4.79 Å². The number of aryl methyl sites for hydroxylation is 1. The lowest BCUT2D eigenvalue weighted by Crippen LogP contribution is -2.31. The van der Waals surface area contributed by atoms with Crippen molar-refractivity contribution in [2.24, 2.45) is 10.2 Å². The van der Waals surface area contributed by atoms with E-state index in [1.54, 1.807) is 25.3 Å². The molecular formula is C23H27N3O3S. The molecule has 3 rings (SSSR count). The highest BCUT2D eigenvalue weighted by atomic mass is 32.2. The maximum atomic E-state index is 13.0. The van der Waals surface area contributed by atoms with E-state index in [1.807, 2.05) is 36.4 Å². The molecule has 2 aromatic rings. The summed E-state index contributed by atoms with van der Waals surface area (Å²) >= 11 is 1.49. The van der Waals surface area contributed by atoms with Crippen LogP contribution in [-0.2, 0) is 11.3 Å². The van der Waals surface area contributed by atoms with Crippen molar-refractivity contribution in [1.29, 1.82) is 0 Å². The van der Waals surface area contributed by atoms with Crippen molar-refractivity contribution in [2.45, 2.75) is 38.5 Å². The van der Waals surface area contributed by atoms with Crippen molar-refractivity contribution in [2.75, 3.05) is 14.2 Å². The van der Waals surface area contributed by atoms with Gasteiger partial charge in [-0.15, -0.1) is 5.10 Å². The van der Waals surface area contributed by atoms with Gasteiger partial charge in [0, 0.05) is 0 Å². The third-order valence-corrected chi connectivity index (χ3v) is 6.15. The fourth-order valence-electron chi connectivity index (χ4n) is 3.21. The highest BCUT2D eigenvalue weighted by Gasteiger charge is 2.37. The summed E-state index contributed by atoms with van der Waals surface area (Å²) in [5, 5.41) is 9.17. The number of amides is 1. The molecule has 1 amide bonds. The van der Waals surface area contributed by atoms with Crippen LogP contribution in [0.4, 0.5) is 0 Å². The number of hydrogen-bond donors (Lipinski definition) is 0. The van der Waals surface area contributed by atoms with E-state index in [-0.39, 0.29) is 11.2 Å². The molecule has 0 saturated carbocycles. The Hall–Kier alpha value is -2.80.